The molecule has 0 heterocycles. The second-order valence-electron chi connectivity index (χ2n) is 6.60. The van der Waals surface area contributed by atoms with Gasteiger partial charge < -0.3 is 9.69 Å². The first-order chi connectivity index (χ1) is 9.54. The summed E-state index contributed by atoms with van der Waals surface area (Å²) in [5.74, 6) is 0. The van der Waals surface area contributed by atoms with Gasteiger partial charge in [-0.05, 0) is 49.9 Å². The van der Waals surface area contributed by atoms with E-state index in [1.807, 2.05) is 0 Å². The van der Waals surface area contributed by atoms with Gasteiger partial charge in [0, 0.05) is 24.7 Å². The van der Waals surface area contributed by atoms with Crippen LogP contribution < -0.4 is 4.90 Å². The van der Waals surface area contributed by atoms with Gasteiger partial charge in [0.25, 0.3) is 0 Å². The van der Waals surface area contributed by atoms with Crippen molar-refractivity contribution in [3.63, 3.8) is 0 Å². The van der Waals surface area contributed by atoms with Gasteiger partial charge in [0.05, 0.1) is 0 Å². The van der Waals surface area contributed by atoms with Gasteiger partial charge in [-0.25, -0.2) is 0 Å². The number of aldehydes is 1. The standard InChI is InChI=1S/C18H27NO/c1-15-10-16(2)12-17(11-15)19(3)13-18(14-20)8-6-4-5-7-9-18/h10-12,14H,4-9,13H2,1-3H3. The summed E-state index contributed by atoms with van der Waals surface area (Å²) in [5.41, 5.74) is 3.66. The van der Waals surface area contributed by atoms with E-state index in [2.05, 4.69) is 44.0 Å². The third-order valence-corrected chi connectivity index (χ3v) is 4.55. The molecule has 2 rings (SSSR count). The van der Waals surface area contributed by atoms with Crippen molar-refractivity contribution >= 4 is 12.0 Å². The molecule has 1 saturated carbocycles. The smallest absolute Gasteiger partial charge is 0.127 e. The molecule has 1 fully saturated rings. The number of nitrogens with zero attached hydrogens (tertiary/aromatic N) is 1. The summed E-state index contributed by atoms with van der Waals surface area (Å²) in [7, 11) is 2.12. The van der Waals surface area contributed by atoms with Gasteiger partial charge in [-0.3, -0.25) is 0 Å². The second kappa shape index (κ2) is 6.43. The maximum atomic E-state index is 11.7. The lowest BCUT2D eigenvalue weighted by atomic mass is 9.81. The number of hydrogen-bond donors (Lipinski definition) is 0. The fraction of sp³-hybridized carbons (Fsp3) is 0.611. The van der Waals surface area contributed by atoms with Crippen molar-refractivity contribution in [2.24, 2.45) is 5.41 Å². The van der Waals surface area contributed by atoms with E-state index < -0.39 is 0 Å². The molecule has 0 aliphatic heterocycles. The van der Waals surface area contributed by atoms with E-state index in [9.17, 15) is 4.79 Å². The molecule has 0 saturated heterocycles. The average molecular weight is 273 g/mol. The normalized spacial score (nSPS) is 18.4. The molecule has 1 aliphatic carbocycles. The van der Waals surface area contributed by atoms with Crippen molar-refractivity contribution in [2.45, 2.75) is 52.4 Å². The van der Waals surface area contributed by atoms with Crippen molar-refractivity contribution in [2.75, 3.05) is 18.5 Å². The molecular weight excluding hydrogens is 246 g/mol. The van der Waals surface area contributed by atoms with Gasteiger partial charge in [-0.2, -0.15) is 0 Å². The Morgan fingerprint density at radius 3 is 2.10 bits per heavy atom. The molecule has 0 bridgehead atoms. The average Bonchev–Trinajstić information content (AvgIpc) is 2.64. The SMILES string of the molecule is Cc1cc(C)cc(N(C)CC2(C=O)CCCCCC2)c1. The maximum Gasteiger partial charge on any atom is 0.127 e. The Bertz CT molecular complexity index is 438. The minimum atomic E-state index is -0.136. The van der Waals surface area contributed by atoms with Crippen molar-refractivity contribution < 1.29 is 4.79 Å². The zero-order chi connectivity index (χ0) is 14.6. The predicted octanol–water partition coefficient (Wildman–Crippen LogP) is 4.28. The fourth-order valence-electron chi connectivity index (χ4n) is 3.48. The summed E-state index contributed by atoms with van der Waals surface area (Å²) in [6.45, 7) is 5.11. The van der Waals surface area contributed by atoms with E-state index in [1.165, 1.54) is 48.8 Å². The Hall–Kier alpha value is -1.31. The first-order valence-electron chi connectivity index (χ1n) is 7.80. The Balaban J connectivity index is 2.15. The Morgan fingerprint density at radius 1 is 1.05 bits per heavy atom. The van der Waals surface area contributed by atoms with Crippen LogP contribution in [0, 0.1) is 19.3 Å². The lowest BCUT2D eigenvalue weighted by molar-refractivity contribution is -0.116. The molecule has 1 aliphatic rings. The van der Waals surface area contributed by atoms with Crippen LogP contribution in [0.1, 0.15) is 49.7 Å². The van der Waals surface area contributed by atoms with Crippen LogP contribution in [-0.4, -0.2) is 19.9 Å². The zero-order valence-electron chi connectivity index (χ0n) is 13.1. The summed E-state index contributed by atoms with van der Waals surface area (Å²) in [4.78, 5) is 14.0. The minimum Gasteiger partial charge on any atom is -0.374 e. The topological polar surface area (TPSA) is 20.3 Å². The molecule has 20 heavy (non-hydrogen) atoms. The zero-order valence-corrected chi connectivity index (χ0v) is 13.1. The number of hydrogen-bond acceptors (Lipinski definition) is 2. The molecule has 110 valence electrons. The van der Waals surface area contributed by atoms with Crippen LogP contribution in [0.3, 0.4) is 0 Å². The molecule has 0 N–H and O–H groups in total. The highest BCUT2D eigenvalue weighted by Gasteiger charge is 2.32. The molecule has 0 atom stereocenters. The first kappa shape index (κ1) is 15.1. The van der Waals surface area contributed by atoms with E-state index >= 15 is 0 Å². The van der Waals surface area contributed by atoms with Crippen molar-refractivity contribution in [3.05, 3.63) is 29.3 Å². The molecule has 1 aromatic carbocycles. The fourth-order valence-corrected chi connectivity index (χ4v) is 3.48. The second-order valence-corrected chi connectivity index (χ2v) is 6.60. The maximum absolute atomic E-state index is 11.7. The highest BCUT2D eigenvalue weighted by molar-refractivity contribution is 5.62. The lowest BCUT2D eigenvalue weighted by Gasteiger charge is -2.33. The van der Waals surface area contributed by atoms with Gasteiger partial charge in [0.1, 0.15) is 6.29 Å². The molecule has 0 unspecified atom stereocenters. The summed E-state index contributed by atoms with van der Waals surface area (Å²) in [5, 5.41) is 0. The molecule has 2 heteroatoms. The van der Waals surface area contributed by atoms with Gasteiger partial charge in [-0.1, -0.05) is 31.7 Å². The molecule has 0 aromatic heterocycles. The quantitative estimate of drug-likeness (QED) is 0.603. The summed E-state index contributed by atoms with van der Waals surface area (Å²) in [6.07, 6.45) is 8.28. The summed E-state index contributed by atoms with van der Waals surface area (Å²) in [6, 6.07) is 6.61. The van der Waals surface area contributed by atoms with Gasteiger partial charge in [0.15, 0.2) is 0 Å². The van der Waals surface area contributed by atoms with Crippen molar-refractivity contribution in [1.82, 2.24) is 0 Å². The number of carbonyl (C=O) groups is 1. The number of carbonyl (C=O) groups excluding carboxylic acids is 1. The monoisotopic (exact) mass is 273 g/mol. The predicted molar refractivity (Wildman–Crippen MR) is 85.4 cm³/mol. The number of benzene rings is 1. The Labute approximate surface area is 123 Å². The van der Waals surface area contributed by atoms with Crippen LogP contribution in [0.4, 0.5) is 5.69 Å². The van der Waals surface area contributed by atoms with E-state index in [-0.39, 0.29) is 5.41 Å². The number of rotatable bonds is 4. The van der Waals surface area contributed by atoms with E-state index in [0.717, 1.165) is 19.4 Å². The Morgan fingerprint density at radius 2 is 1.60 bits per heavy atom. The highest BCUT2D eigenvalue weighted by Crippen LogP contribution is 2.35. The molecule has 0 amide bonds. The number of anilines is 1. The third-order valence-electron chi connectivity index (χ3n) is 4.55. The van der Waals surface area contributed by atoms with Crippen LogP contribution >= 0.6 is 0 Å². The minimum absolute atomic E-state index is 0.136. The highest BCUT2D eigenvalue weighted by atomic mass is 16.1. The van der Waals surface area contributed by atoms with Gasteiger partial charge in [-0.15, -0.1) is 0 Å². The van der Waals surface area contributed by atoms with Crippen LogP contribution in [-0.2, 0) is 4.79 Å². The largest absolute Gasteiger partial charge is 0.374 e. The van der Waals surface area contributed by atoms with E-state index in [0.29, 0.717) is 0 Å². The van der Waals surface area contributed by atoms with E-state index in [1.54, 1.807) is 0 Å². The van der Waals surface area contributed by atoms with Crippen LogP contribution in [0.15, 0.2) is 18.2 Å². The Kier molecular flexibility index (Phi) is 4.85. The lowest BCUT2D eigenvalue weighted by Crippen LogP contribution is -2.36. The van der Waals surface area contributed by atoms with Crippen molar-refractivity contribution in [3.8, 4) is 0 Å². The van der Waals surface area contributed by atoms with Crippen LogP contribution in [0.5, 0.6) is 0 Å². The van der Waals surface area contributed by atoms with Gasteiger partial charge in [0.2, 0.25) is 0 Å². The molecule has 2 nitrogen and oxygen atoms in total. The summed E-state index contributed by atoms with van der Waals surface area (Å²) < 4.78 is 0. The first-order valence-corrected chi connectivity index (χ1v) is 7.80. The third kappa shape index (κ3) is 3.62. The van der Waals surface area contributed by atoms with Crippen molar-refractivity contribution in [1.29, 1.82) is 0 Å². The van der Waals surface area contributed by atoms with Crippen LogP contribution in [0.2, 0.25) is 0 Å². The van der Waals surface area contributed by atoms with Crippen LogP contribution in [0.25, 0.3) is 0 Å². The molecule has 1 aromatic rings. The summed E-state index contributed by atoms with van der Waals surface area (Å²) >= 11 is 0. The molecular formula is C18H27NO. The molecule has 0 spiro atoms. The van der Waals surface area contributed by atoms with Gasteiger partial charge >= 0.3 is 0 Å². The van der Waals surface area contributed by atoms with E-state index in [4.69, 9.17) is 0 Å². The number of aryl methyl sites for hydroxylation is 2. The molecule has 0 radical (unpaired) electrons.